The van der Waals surface area contributed by atoms with E-state index in [4.69, 9.17) is 0 Å². The highest BCUT2D eigenvalue weighted by molar-refractivity contribution is 7.81. The standard InChI is InChI=1S/C14H18OS/c15-14(10-16)13-8-6-12(7-9-13)11-4-2-1-3-5-11/h6-9,11,16H,1-5,10H2. The first kappa shape index (κ1) is 11.7. The molecule has 2 heteroatoms. The number of thiol groups is 1. The monoisotopic (exact) mass is 234 g/mol. The average molecular weight is 234 g/mol. The molecule has 0 spiro atoms. The molecule has 0 heterocycles. The normalized spacial score (nSPS) is 17.3. The van der Waals surface area contributed by atoms with E-state index >= 15 is 0 Å². The number of benzene rings is 1. The Hall–Kier alpha value is -0.760. The second-order valence-electron chi connectivity index (χ2n) is 4.54. The topological polar surface area (TPSA) is 17.1 Å². The minimum absolute atomic E-state index is 0.110. The molecule has 2 rings (SSSR count). The number of ketones is 1. The number of hydrogen-bond donors (Lipinski definition) is 1. The Morgan fingerprint density at radius 2 is 1.75 bits per heavy atom. The molecule has 0 bridgehead atoms. The van der Waals surface area contributed by atoms with Crippen molar-refractivity contribution in [1.29, 1.82) is 0 Å². The van der Waals surface area contributed by atoms with Gasteiger partial charge in [0.1, 0.15) is 0 Å². The van der Waals surface area contributed by atoms with Crippen LogP contribution in [0.4, 0.5) is 0 Å². The predicted molar refractivity (Wildman–Crippen MR) is 70.5 cm³/mol. The molecule has 0 unspecified atom stereocenters. The zero-order chi connectivity index (χ0) is 11.4. The highest BCUT2D eigenvalue weighted by Gasteiger charge is 2.15. The molecule has 0 radical (unpaired) electrons. The van der Waals surface area contributed by atoms with Gasteiger partial charge in [-0.1, -0.05) is 43.5 Å². The number of Topliss-reactive ketones (excluding diaryl/α,β-unsaturated/α-hetero) is 1. The zero-order valence-electron chi connectivity index (χ0n) is 9.48. The molecule has 86 valence electrons. The second kappa shape index (κ2) is 5.53. The van der Waals surface area contributed by atoms with Gasteiger partial charge < -0.3 is 0 Å². The van der Waals surface area contributed by atoms with Gasteiger partial charge >= 0.3 is 0 Å². The maximum atomic E-state index is 11.4. The lowest BCUT2D eigenvalue weighted by Crippen LogP contribution is -2.05. The van der Waals surface area contributed by atoms with E-state index in [1.807, 2.05) is 12.1 Å². The van der Waals surface area contributed by atoms with Crippen LogP contribution in [0.2, 0.25) is 0 Å². The fraction of sp³-hybridized carbons (Fsp3) is 0.500. The average Bonchev–Trinajstić information content (AvgIpc) is 2.39. The molecule has 1 aromatic carbocycles. The first-order valence-corrected chi connectivity index (χ1v) is 6.68. The number of hydrogen-bond acceptors (Lipinski definition) is 2. The number of rotatable bonds is 3. The van der Waals surface area contributed by atoms with Crippen molar-refractivity contribution in [3.05, 3.63) is 35.4 Å². The first-order chi connectivity index (χ1) is 7.81. The third-order valence-electron chi connectivity index (χ3n) is 3.45. The summed E-state index contributed by atoms with van der Waals surface area (Å²) in [5.74, 6) is 1.12. The van der Waals surface area contributed by atoms with Gasteiger partial charge in [0.15, 0.2) is 5.78 Å². The highest BCUT2D eigenvalue weighted by Crippen LogP contribution is 2.32. The van der Waals surface area contributed by atoms with Gasteiger partial charge in [0.05, 0.1) is 5.75 Å². The first-order valence-electron chi connectivity index (χ1n) is 6.05. The Labute approximate surface area is 103 Å². The highest BCUT2D eigenvalue weighted by atomic mass is 32.1. The molecule has 0 amide bonds. The van der Waals surface area contributed by atoms with Crippen LogP contribution in [0.25, 0.3) is 0 Å². The van der Waals surface area contributed by atoms with Gasteiger partial charge in [-0.2, -0.15) is 12.6 Å². The van der Waals surface area contributed by atoms with Crippen LogP contribution >= 0.6 is 12.6 Å². The molecule has 1 aliphatic carbocycles. The maximum Gasteiger partial charge on any atom is 0.172 e. The lowest BCUT2D eigenvalue weighted by atomic mass is 9.84. The molecule has 0 N–H and O–H groups in total. The van der Waals surface area contributed by atoms with Crippen molar-refractivity contribution in [3.8, 4) is 0 Å². The fourth-order valence-corrected chi connectivity index (χ4v) is 2.65. The van der Waals surface area contributed by atoms with Crippen molar-refractivity contribution in [2.45, 2.75) is 38.0 Å². The third-order valence-corrected chi connectivity index (χ3v) is 3.74. The summed E-state index contributed by atoms with van der Waals surface area (Å²) in [5.41, 5.74) is 2.19. The van der Waals surface area contributed by atoms with Crippen LogP contribution in [-0.2, 0) is 0 Å². The molecule has 1 nitrogen and oxygen atoms in total. The van der Waals surface area contributed by atoms with E-state index in [2.05, 4.69) is 24.8 Å². The van der Waals surface area contributed by atoms with Gasteiger partial charge in [0.2, 0.25) is 0 Å². The van der Waals surface area contributed by atoms with E-state index in [-0.39, 0.29) is 5.78 Å². The summed E-state index contributed by atoms with van der Waals surface area (Å²) in [7, 11) is 0. The van der Waals surface area contributed by atoms with Crippen LogP contribution in [-0.4, -0.2) is 11.5 Å². The van der Waals surface area contributed by atoms with Crippen LogP contribution in [0.1, 0.15) is 53.9 Å². The van der Waals surface area contributed by atoms with Crippen LogP contribution in [0, 0.1) is 0 Å². The summed E-state index contributed by atoms with van der Waals surface area (Å²) in [6.07, 6.45) is 6.69. The summed E-state index contributed by atoms with van der Waals surface area (Å²) in [4.78, 5) is 11.4. The molecule has 16 heavy (non-hydrogen) atoms. The SMILES string of the molecule is O=C(CS)c1ccc(C2CCCCC2)cc1. The minimum atomic E-state index is 0.110. The van der Waals surface area contributed by atoms with Gasteiger partial charge in [0.25, 0.3) is 0 Å². The number of carbonyl (C=O) groups excluding carboxylic acids is 1. The van der Waals surface area contributed by atoms with Crippen LogP contribution < -0.4 is 0 Å². The largest absolute Gasteiger partial charge is 0.293 e. The van der Waals surface area contributed by atoms with Gasteiger partial charge in [-0.25, -0.2) is 0 Å². The molecule has 1 aromatic rings. The van der Waals surface area contributed by atoms with Crippen molar-refractivity contribution in [2.24, 2.45) is 0 Å². The van der Waals surface area contributed by atoms with E-state index < -0.39 is 0 Å². The van der Waals surface area contributed by atoms with Crippen LogP contribution in [0.15, 0.2) is 24.3 Å². The molecule has 0 saturated heterocycles. The Morgan fingerprint density at radius 1 is 1.12 bits per heavy atom. The van der Waals surface area contributed by atoms with Gasteiger partial charge in [0, 0.05) is 5.56 Å². The van der Waals surface area contributed by atoms with Gasteiger partial charge in [-0.3, -0.25) is 4.79 Å². The van der Waals surface area contributed by atoms with Crippen LogP contribution in [0.3, 0.4) is 0 Å². The summed E-state index contributed by atoms with van der Waals surface area (Å²) in [5, 5.41) is 0. The lowest BCUT2D eigenvalue weighted by molar-refractivity contribution is 0.102. The molecule has 1 saturated carbocycles. The fourth-order valence-electron chi connectivity index (χ4n) is 2.47. The van der Waals surface area contributed by atoms with Crippen molar-refractivity contribution < 1.29 is 4.79 Å². The van der Waals surface area contributed by atoms with Crippen molar-refractivity contribution in [3.63, 3.8) is 0 Å². The molecule has 1 fully saturated rings. The Balaban J connectivity index is 2.09. The van der Waals surface area contributed by atoms with Crippen LogP contribution in [0.5, 0.6) is 0 Å². The van der Waals surface area contributed by atoms with E-state index in [1.54, 1.807) is 0 Å². The van der Waals surface area contributed by atoms with E-state index in [0.29, 0.717) is 11.7 Å². The van der Waals surface area contributed by atoms with E-state index in [1.165, 1.54) is 37.7 Å². The minimum Gasteiger partial charge on any atom is -0.293 e. The van der Waals surface area contributed by atoms with E-state index in [0.717, 1.165) is 5.56 Å². The molecular weight excluding hydrogens is 216 g/mol. The van der Waals surface area contributed by atoms with Crippen molar-refractivity contribution >= 4 is 18.4 Å². The summed E-state index contributed by atoms with van der Waals surface area (Å²) >= 11 is 4.00. The Bertz CT molecular complexity index is 350. The lowest BCUT2D eigenvalue weighted by Gasteiger charge is -2.21. The zero-order valence-corrected chi connectivity index (χ0v) is 10.4. The Morgan fingerprint density at radius 3 is 2.31 bits per heavy atom. The predicted octanol–water partition coefficient (Wildman–Crippen LogP) is 3.85. The molecule has 1 aliphatic rings. The Kier molecular flexibility index (Phi) is 4.05. The van der Waals surface area contributed by atoms with Crippen molar-refractivity contribution in [1.82, 2.24) is 0 Å². The molecule has 0 aliphatic heterocycles. The molecule has 0 aromatic heterocycles. The quantitative estimate of drug-likeness (QED) is 0.621. The maximum absolute atomic E-state index is 11.4. The third kappa shape index (κ3) is 2.67. The van der Waals surface area contributed by atoms with Crippen molar-refractivity contribution in [2.75, 3.05) is 5.75 Å². The summed E-state index contributed by atoms with van der Waals surface area (Å²) < 4.78 is 0. The van der Waals surface area contributed by atoms with Gasteiger partial charge in [-0.15, -0.1) is 0 Å². The second-order valence-corrected chi connectivity index (χ2v) is 4.85. The summed E-state index contributed by atoms with van der Waals surface area (Å²) in [6, 6.07) is 8.13. The molecular formula is C14H18OS. The summed E-state index contributed by atoms with van der Waals surface area (Å²) in [6.45, 7) is 0. The molecule has 0 atom stereocenters. The number of carbonyl (C=O) groups is 1. The van der Waals surface area contributed by atoms with Gasteiger partial charge in [-0.05, 0) is 24.3 Å². The van der Waals surface area contributed by atoms with E-state index in [9.17, 15) is 4.79 Å². The smallest absolute Gasteiger partial charge is 0.172 e.